The summed E-state index contributed by atoms with van der Waals surface area (Å²) in [6.07, 6.45) is 0. The predicted molar refractivity (Wildman–Crippen MR) is 126 cm³/mol. The molecular formula is C24H24FN3O3S. The lowest BCUT2D eigenvalue weighted by atomic mass is 10.1. The van der Waals surface area contributed by atoms with Gasteiger partial charge in [-0.25, -0.2) is 14.4 Å². The van der Waals surface area contributed by atoms with Crippen molar-refractivity contribution >= 4 is 28.1 Å². The van der Waals surface area contributed by atoms with Crippen LogP contribution in [0.25, 0.3) is 21.3 Å². The number of nitrogens with one attached hydrogen (secondary N) is 1. The third kappa shape index (κ3) is 4.31. The number of rotatable bonds is 7. The Morgan fingerprint density at radius 1 is 0.938 bits per heavy atom. The van der Waals surface area contributed by atoms with Crippen LogP contribution in [0.5, 0.6) is 17.2 Å². The Hall–Kier alpha value is -3.39. The van der Waals surface area contributed by atoms with E-state index in [4.69, 9.17) is 14.2 Å². The maximum Gasteiger partial charge on any atom is 0.162 e. The van der Waals surface area contributed by atoms with Gasteiger partial charge >= 0.3 is 0 Å². The number of halogens is 1. The maximum atomic E-state index is 13.9. The van der Waals surface area contributed by atoms with Crippen molar-refractivity contribution in [2.75, 3.05) is 26.6 Å². The summed E-state index contributed by atoms with van der Waals surface area (Å²) in [7, 11) is 4.73. The van der Waals surface area contributed by atoms with E-state index in [0.29, 0.717) is 28.9 Å². The smallest absolute Gasteiger partial charge is 0.162 e. The number of benzene rings is 2. The predicted octanol–water partition coefficient (Wildman–Crippen LogP) is 6.00. The molecule has 0 aliphatic heterocycles. The summed E-state index contributed by atoms with van der Waals surface area (Å²) >= 11 is 1.59. The van der Waals surface area contributed by atoms with Crippen LogP contribution in [-0.2, 0) is 0 Å². The lowest BCUT2D eigenvalue weighted by molar-refractivity contribution is 0.356. The van der Waals surface area contributed by atoms with E-state index in [1.54, 1.807) is 25.6 Å². The molecule has 0 amide bonds. The van der Waals surface area contributed by atoms with Crippen LogP contribution in [0.3, 0.4) is 0 Å². The average Bonchev–Trinajstić information content (AvgIpc) is 3.28. The van der Waals surface area contributed by atoms with E-state index in [9.17, 15) is 4.39 Å². The highest BCUT2D eigenvalue weighted by molar-refractivity contribution is 7.15. The van der Waals surface area contributed by atoms with Crippen molar-refractivity contribution in [3.8, 4) is 27.7 Å². The molecule has 1 atom stereocenters. The van der Waals surface area contributed by atoms with E-state index >= 15 is 0 Å². The summed E-state index contributed by atoms with van der Waals surface area (Å²) in [5.74, 6) is 2.76. The Bertz CT molecular complexity index is 1280. The van der Waals surface area contributed by atoms with Crippen LogP contribution < -0.4 is 19.5 Å². The first-order valence-electron chi connectivity index (χ1n) is 10.0. The van der Waals surface area contributed by atoms with Gasteiger partial charge in [0.25, 0.3) is 0 Å². The summed E-state index contributed by atoms with van der Waals surface area (Å²) < 4.78 is 30.0. The zero-order chi connectivity index (χ0) is 22.8. The number of thiophene rings is 1. The molecule has 1 N–H and O–H groups in total. The molecule has 2 aromatic heterocycles. The van der Waals surface area contributed by atoms with E-state index < -0.39 is 0 Å². The number of anilines is 1. The minimum Gasteiger partial charge on any atom is -0.497 e. The first-order valence-corrected chi connectivity index (χ1v) is 10.8. The molecule has 0 aliphatic carbocycles. The lowest BCUT2D eigenvalue weighted by Gasteiger charge is -2.16. The number of aromatic nitrogens is 2. The van der Waals surface area contributed by atoms with Crippen molar-refractivity contribution in [3.05, 3.63) is 59.0 Å². The summed E-state index contributed by atoms with van der Waals surface area (Å²) in [6, 6.07) is 12.4. The summed E-state index contributed by atoms with van der Waals surface area (Å²) in [5.41, 5.74) is 1.55. The third-order valence-electron chi connectivity index (χ3n) is 5.11. The quantitative estimate of drug-likeness (QED) is 0.370. The van der Waals surface area contributed by atoms with Crippen molar-refractivity contribution in [2.45, 2.75) is 19.9 Å². The molecule has 0 spiro atoms. The van der Waals surface area contributed by atoms with Crippen molar-refractivity contribution < 1.29 is 18.6 Å². The summed E-state index contributed by atoms with van der Waals surface area (Å²) in [5, 5.41) is 4.33. The Balaban J connectivity index is 1.66. The second kappa shape index (κ2) is 9.00. The monoisotopic (exact) mass is 453 g/mol. The number of fused-ring (bicyclic) bond motifs is 1. The second-order valence-corrected chi connectivity index (χ2v) is 8.41. The topological polar surface area (TPSA) is 65.5 Å². The van der Waals surface area contributed by atoms with Crippen molar-refractivity contribution in [3.63, 3.8) is 0 Å². The molecule has 0 saturated carbocycles. The number of methoxy groups -OCH3 is 3. The molecule has 32 heavy (non-hydrogen) atoms. The van der Waals surface area contributed by atoms with Crippen LogP contribution in [0.4, 0.5) is 10.2 Å². The Morgan fingerprint density at radius 3 is 2.41 bits per heavy atom. The van der Waals surface area contributed by atoms with Crippen LogP contribution in [0.1, 0.15) is 23.7 Å². The van der Waals surface area contributed by atoms with Crippen LogP contribution in [0, 0.1) is 12.7 Å². The first-order chi connectivity index (χ1) is 15.4. The van der Waals surface area contributed by atoms with Gasteiger partial charge in [0, 0.05) is 27.3 Å². The van der Waals surface area contributed by atoms with E-state index in [-0.39, 0.29) is 11.9 Å². The molecule has 4 aromatic rings. The molecule has 0 aliphatic rings. The number of hydrogen-bond donors (Lipinski definition) is 1. The second-order valence-electron chi connectivity index (χ2n) is 7.29. The van der Waals surface area contributed by atoms with Crippen LogP contribution in [-0.4, -0.2) is 31.3 Å². The fourth-order valence-electron chi connectivity index (χ4n) is 3.52. The number of aryl methyl sites for hydroxylation is 1. The molecule has 2 aromatic carbocycles. The van der Waals surface area contributed by atoms with Crippen molar-refractivity contribution in [1.29, 1.82) is 0 Å². The highest BCUT2D eigenvalue weighted by Crippen LogP contribution is 2.37. The van der Waals surface area contributed by atoms with Gasteiger partial charge < -0.3 is 19.5 Å². The van der Waals surface area contributed by atoms with Crippen molar-refractivity contribution in [1.82, 2.24) is 9.97 Å². The van der Waals surface area contributed by atoms with Crippen LogP contribution in [0.15, 0.2) is 42.5 Å². The Labute approximate surface area is 190 Å². The van der Waals surface area contributed by atoms with Gasteiger partial charge in [-0.15, -0.1) is 11.3 Å². The molecule has 166 valence electrons. The SMILES string of the molecule is COc1cc(F)cc(-c2ccc([C@H](C)Nc3nc(C)nc4cc(OC)c(OC)cc34)s2)c1. The molecule has 0 radical (unpaired) electrons. The zero-order valence-electron chi connectivity index (χ0n) is 18.5. The Morgan fingerprint density at radius 2 is 1.69 bits per heavy atom. The molecule has 0 bridgehead atoms. The van der Waals surface area contributed by atoms with Gasteiger partial charge in [-0.2, -0.15) is 0 Å². The summed E-state index contributed by atoms with van der Waals surface area (Å²) in [6.45, 7) is 3.92. The number of hydrogen-bond acceptors (Lipinski definition) is 7. The lowest BCUT2D eigenvalue weighted by Crippen LogP contribution is -2.08. The fourth-order valence-corrected chi connectivity index (χ4v) is 4.52. The highest BCUT2D eigenvalue weighted by Gasteiger charge is 2.16. The minimum atomic E-state index is -0.326. The standard InChI is InChI=1S/C24H24FN3O3S/c1-13(22-6-7-23(32-22)15-8-16(25)10-17(9-15)29-3)26-24-18-11-20(30-4)21(31-5)12-19(18)27-14(2)28-24/h6-13H,1-5H3,(H,26,27,28)/t13-/m0/s1. The minimum absolute atomic E-state index is 0.0326. The normalized spacial score (nSPS) is 11.9. The number of nitrogens with zero attached hydrogens (tertiary/aromatic N) is 2. The third-order valence-corrected chi connectivity index (χ3v) is 6.43. The van der Waals surface area contributed by atoms with Gasteiger partial charge in [-0.3, -0.25) is 0 Å². The molecule has 6 nitrogen and oxygen atoms in total. The first kappa shape index (κ1) is 21.8. The van der Waals surface area contributed by atoms with Gasteiger partial charge in [-0.05, 0) is 49.7 Å². The van der Waals surface area contributed by atoms with Gasteiger partial charge in [-0.1, -0.05) is 0 Å². The zero-order valence-corrected chi connectivity index (χ0v) is 19.3. The Kier molecular flexibility index (Phi) is 6.14. The van der Waals surface area contributed by atoms with Gasteiger partial charge in [0.05, 0.1) is 32.9 Å². The van der Waals surface area contributed by atoms with Crippen LogP contribution >= 0.6 is 11.3 Å². The highest BCUT2D eigenvalue weighted by atomic mass is 32.1. The molecule has 2 heterocycles. The van der Waals surface area contributed by atoms with E-state index in [1.165, 1.54) is 19.2 Å². The van der Waals surface area contributed by atoms with Gasteiger partial charge in [0.1, 0.15) is 23.2 Å². The summed E-state index contributed by atoms with van der Waals surface area (Å²) in [4.78, 5) is 11.2. The van der Waals surface area contributed by atoms with E-state index in [2.05, 4.69) is 22.2 Å². The molecular weight excluding hydrogens is 429 g/mol. The van der Waals surface area contributed by atoms with E-state index in [1.807, 2.05) is 37.3 Å². The molecule has 0 saturated heterocycles. The van der Waals surface area contributed by atoms with Gasteiger partial charge in [0.15, 0.2) is 11.5 Å². The molecule has 8 heteroatoms. The largest absolute Gasteiger partial charge is 0.497 e. The number of ether oxygens (including phenoxy) is 3. The van der Waals surface area contributed by atoms with Crippen LogP contribution in [0.2, 0.25) is 0 Å². The molecule has 0 fully saturated rings. The average molecular weight is 454 g/mol. The molecule has 4 rings (SSSR count). The molecule has 0 unspecified atom stereocenters. The van der Waals surface area contributed by atoms with E-state index in [0.717, 1.165) is 26.2 Å². The fraction of sp³-hybridized carbons (Fsp3) is 0.250. The maximum absolute atomic E-state index is 13.9. The van der Waals surface area contributed by atoms with Gasteiger partial charge in [0.2, 0.25) is 0 Å². The van der Waals surface area contributed by atoms with Crippen molar-refractivity contribution in [2.24, 2.45) is 0 Å².